The lowest BCUT2D eigenvalue weighted by Gasteiger charge is -2.34. The second kappa shape index (κ2) is 6.13. The number of rotatable bonds is 5. The minimum Gasteiger partial charge on any atom is -0.493 e. The Labute approximate surface area is 130 Å². The van der Waals surface area contributed by atoms with E-state index in [2.05, 4.69) is 0 Å². The van der Waals surface area contributed by atoms with Crippen molar-refractivity contribution in [2.75, 3.05) is 20.8 Å². The van der Waals surface area contributed by atoms with E-state index in [1.807, 2.05) is 6.92 Å². The molecule has 122 valence electrons. The predicted octanol–water partition coefficient (Wildman–Crippen LogP) is 0.515. The van der Waals surface area contributed by atoms with Gasteiger partial charge in [-0.1, -0.05) is 6.92 Å². The molecule has 0 spiro atoms. The van der Waals surface area contributed by atoms with Crippen LogP contribution in [0.1, 0.15) is 18.9 Å². The number of sulfonamides is 1. The maximum absolute atomic E-state index is 12.8. The third-order valence-corrected chi connectivity index (χ3v) is 5.68. The summed E-state index contributed by atoms with van der Waals surface area (Å²) < 4.78 is 37.1. The summed E-state index contributed by atoms with van der Waals surface area (Å²) in [5.41, 5.74) is 5.90. The van der Waals surface area contributed by atoms with Crippen LogP contribution in [0.25, 0.3) is 0 Å². The molecule has 0 radical (unpaired) electrons. The van der Waals surface area contributed by atoms with Gasteiger partial charge in [0.25, 0.3) is 0 Å². The average Bonchev–Trinajstić information content (AvgIpc) is 2.48. The highest BCUT2D eigenvalue weighted by Gasteiger charge is 2.41. The SMILES string of the molecule is CCCN1C(C(N)=O)Cc2cc(OC)c(OC)cc2S1(=O)=O. The average molecular weight is 328 g/mol. The van der Waals surface area contributed by atoms with Gasteiger partial charge in [0.1, 0.15) is 6.04 Å². The van der Waals surface area contributed by atoms with Gasteiger partial charge < -0.3 is 15.2 Å². The second-order valence-electron chi connectivity index (χ2n) is 5.05. The summed E-state index contributed by atoms with van der Waals surface area (Å²) in [4.78, 5) is 11.8. The number of carbonyl (C=O) groups is 1. The van der Waals surface area contributed by atoms with E-state index in [-0.39, 0.29) is 17.9 Å². The molecule has 7 nitrogen and oxygen atoms in total. The first-order valence-corrected chi connectivity index (χ1v) is 8.36. The number of hydrogen-bond donors (Lipinski definition) is 1. The number of ether oxygens (including phenoxy) is 2. The largest absolute Gasteiger partial charge is 0.493 e. The Morgan fingerprint density at radius 1 is 1.32 bits per heavy atom. The normalized spacial score (nSPS) is 20.2. The molecule has 1 unspecified atom stereocenters. The standard InChI is InChI=1S/C14H20N2O5S/c1-4-5-16-10(14(15)17)6-9-7-11(20-2)12(21-3)8-13(9)22(16,18)19/h7-8,10H,4-6H2,1-3H3,(H2,15,17). The monoisotopic (exact) mass is 328 g/mol. The first-order valence-electron chi connectivity index (χ1n) is 6.92. The third kappa shape index (κ3) is 2.64. The number of carbonyl (C=O) groups excluding carboxylic acids is 1. The van der Waals surface area contributed by atoms with Crippen LogP contribution in [-0.2, 0) is 21.2 Å². The van der Waals surface area contributed by atoms with Crippen molar-refractivity contribution in [3.8, 4) is 11.5 Å². The number of benzene rings is 1. The molecule has 0 aromatic heterocycles. The molecular weight excluding hydrogens is 308 g/mol. The van der Waals surface area contributed by atoms with Crippen molar-refractivity contribution in [1.29, 1.82) is 0 Å². The number of hydrogen-bond acceptors (Lipinski definition) is 5. The third-order valence-electron chi connectivity index (χ3n) is 3.69. The van der Waals surface area contributed by atoms with Gasteiger partial charge in [-0.15, -0.1) is 0 Å². The van der Waals surface area contributed by atoms with Crippen molar-refractivity contribution in [1.82, 2.24) is 4.31 Å². The van der Waals surface area contributed by atoms with Crippen molar-refractivity contribution >= 4 is 15.9 Å². The molecule has 1 aromatic rings. The van der Waals surface area contributed by atoms with Crippen molar-refractivity contribution in [2.45, 2.75) is 30.7 Å². The summed E-state index contributed by atoms with van der Waals surface area (Å²) in [6.45, 7) is 2.08. The number of nitrogens with zero attached hydrogens (tertiary/aromatic N) is 1. The van der Waals surface area contributed by atoms with Crippen LogP contribution in [0.15, 0.2) is 17.0 Å². The molecule has 2 N–H and O–H groups in total. The lowest BCUT2D eigenvalue weighted by atomic mass is 10.0. The van der Waals surface area contributed by atoms with E-state index in [0.29, 0.717) is 23.5 Å². The first kappa shape index (κ1) is 16.6. The molecule has 0 saturated carbocycles. The molecule has 1 aromatic carbocycles. The Balaban J connectivity index is 2.65. The van der Waals surface area contributed by atoms with Crippen LogP contribution in [0.3, 0.4) is 0 Å². The van der Waals surface area contributed by atoms with E-state index in [9.17, 15) is 13.2 Å². The van der Waals surface area contributed by atoms with Crippen molar-refractivity contribution in [3.05, 3.63) is 17.7 Å². The number of methoxy groups -OCH3 is 2. The fourth-order valence-electron chi connectivity index (χ4n) is 2.64. The van der Waals surface area contributed by atoms with E-state index in [1.54, 1.807) is 6.07 Å². The van der Waals surface area contributed by atoms with Gasteiger partial charge in [0, 0.05) is 12.6 Å². The van der Waals surface area contributed by atoms with Gasteiger partial charge in [0.15, 0.2) is 11.5 Å². The molecule has 1 amide bonds. The van der Waals surface area contributed by atoms with Gasteiger partial charge in [-0.2, -0.15) is 4.31 Å². The maximum Gasteiger partial charge on any atom is 0.244 e. The van der Waals surface area contributed by atoms with Gasteiger partial charge >= 0.3 is 0 Å². The summed E-state index contributed by atoms with van der Waals surface area (Å²) in [5.74, 6) is 0.0971. The molecule has 1 atom stereocenters. The summed E-state index contributed by atoms with van der Waals surface area (Å²) >= 11 is 0. The fourth-order valence-corrected chi connectivity index (χ4v) is 4.56. The Bertz CT molecular complexity index is 687. The van der Waals surface area contributed by atoms with Crippen LogP contribution in [0, 0.1) is 0 Å². The predicted molar refractivity (Wildman–Crippen MR) is 80.4 cm³/mol. The van der Waals surface area contributed by atoms with Crippen LogP contribution in [0.4, 0.5) is 0 Å². The Kier molecular flexibility index (Phi) is 4.62. The number of nitrogens with two attached hydrogens (primary N) is 1. The maximum atomic E-state index is 12.8. The van der Waals surface area contributed by atoms with Crippen LogP contribution in [-0.4, -0.2) is 45.4 Å². The molecule has 0 saturated heterocycles. The van der Waals surface area contributed by atoms with Gasteiger partial charge in [-0.3, -0.25) is 4.79 Å². The number of primary amides is 1. The molecule has 1 heterocycles. The van der Waals surface area contributed by atoms with E-state index in [0.717, 1.165) is 0 Å². The molecule has 0 bridgehead atoms. The highest BCUT2D eigenvalue weighted by atomic mass is 32.2. The van der Waals surface area contributed by atoms with Crippen molar-refractivity contribution in [3.63, 3.8) is 0 Å². The quantitative estimate of drug-likeness (QED) is 0.849. The highest BCUT2D eigenvalue weighted by molar-refractivity contribution is 7.89. The molecule has 0 aliphatic carbocycles. The van der Waals surface area contributed by atoms with Gasteiger partial charge in [-0.25, -0.2) is 8.42 Å². The lowest BCUT2D eigenvalue weighted by molar-refractivity contribution is -0.121. The summed E-state index contributed by atoms with van der Waals surface area (Å²) in [6.07, 6.45) is 0.815. The van der Waals surface area contributed by atoms with Gasteiger partial charge in [0.2, 0.25) is 15.9 Å². The minimum atomic E-state index is -3.80. The smallest absolute Gasteiger partial charge is 0.244 e. The van der Waals surface area contributed by atoms with Crippen LogP contribution >= 0.6 is 0 Å². The molecule has 2 rings (SSSR count). The Morgan fingerprint density at radius 2 is 1.91 bits per heavy atom. The van der Waals surface area contributed by atoms with E-state index < -0.39 is 22.0 Å². The molecule has 8 heteroatoms. The zero-order valence-electron chi connectivity index (χ0n) is 12.8. The van der Waals surface area contributed by atoms with Crippen LogP contribution in [0.2, 0.25) is 0 Å². The van der Waals surface area contributed by atoms with E-state index in [1.165, 1.54) is 24.6 Å². The van der Waals surface area contributed by atoms with E-state index >= 15 is 0 Å². The second-order valence-corrected chi connectivity index (χ2v) is 6.91. The molecule has 1 aliphatic heterocycles. The summed E-state index contributed by atoms with van der Waals surface area (Å²) in [5, 5.41) is 0. The lowest BCUT2D eigenvalue weighted by Crippen LogP contribution is -2.52. The Morgan fingerprint density at radius 3 is 2.41 bits per heavy atom. The molecule has 1 aliphatic rings. The minimum absolute atomic E-state index is 0.135. The zero-order chi connectivity index (χ0) is 16.5. The topological polar surface area (TPSA) is 98.9 Å². The number of amides is 1. The summed E-state index contributed by atoms with van der Waals surface area (Å²) in [7, 11) is -0.891. The Hall–Kier alpha value is -1.80. The van der Waals surface area contributed by atoms with Gasteiger partial charge in [0.05, 0.1) is 19.1 Å². The molecular formula is C14H20N2O5S. The van der Waals surface area contributed by atoms with Crippen molar-refractivity contribution in [2.24, 2.45) is 5.73 Å². The van der Waals surface area contributed by atoms with Crippen LogP contribution in [0.5, 0.6) is 11.5 Å². The number of fused-ring (bicyclic) bond motifs is 1. The first-order chi connectivity index (χ1) is 10.4. The highest BCUT2D eigenvalue weighted by Crippen LogP contribution is 2.38. The van der Waals surface area contributed by atoms with Crippen LogP contribution < -0.4 is 15.2 Å². The zero-order valence-corrected chi connectivity index (χ0v) is 13.6. The van der Waals surface area contributed by atoms with Crippen molar-refractivity contribution < 1.29 is 22.7 Å². The molecule has 0 fully saturated rings. The molecule has 22 heavy (non-hydrogen) atoms. The van der Waals surface area contributed by atoms with E-state index in [4.69, 9.17) is 15.2 Å². The fraction of sp³-hybridized carbons (Fsp3) is 0.500. The van der Waals surface area contributed by atoms with Gasteiger partial charge in [-0.05, 0) is 24.5 Å². The summed E-state index contributed by atoms with van der Waals surface area (Å²) in [6, 6.07) is 2.14.